The molecule has 5 fully saturated rings. The number of fused-ring (bicyclic) bond motifs is 16. The van der Waals surface area contributed by atoms with E-state index in [0.29, 0.717) is 0 Å². The summed E-state index contributed by atoms with van der Waals surface area (Å²) in [5.41, 5.74) is 0. The van der Waals surface area contributed by atoms with E-state index in [1.54, 1.807) is 19.3 Å². The highest BCUT2D eigenvalue weighted by atomic mass is 14.8. The van der Waals surface area contributed by atoms with Gasteiger partial charge in [0.1, 0.15) is 0 Å². The van der Waals surface area contributed by atoms with Crippen molar-refractivity contribution in [1.29, 1.82) is 0 Å². The first-order valence-electron chi connectivity index (χ1n) is 8.94. The van der Waals surface area contributed by atoms with Gasteiger partial charge in [0.25, 0.3) is 0 Å². The molecule has 0 amide bonds. The van der Waals surface area contributed by atoms with E-state index in [-0.39, 0.29) is 0 Å². The highest BCUT2D eigenvalue weighted by molar-refractivity contribution is 5.25. The van der Waals surface area contributed by atoms with Crippen LogP contribution in [0.2, 0.25) is 0 Å². The second-order valence-electron chi connectivity index (χ2n) is 9.10. The van der Waals surface area contributed by atoms with Gasteiger partial charge in [-0.25, -0.2) is 0 Å². The van der Waals surface area contributed by atoms with Crippen molar-refractivity contribution in [3.8, 4) is 0 Å². The smallest absolute Gasteiger partial charge is 0.0194 e. The Morgan fingerprint density at radius 3 is 1.58 bits per heavy atom. The minimum atomic E-state index is 1.01. The summed E-state index contributed by atoms with van der Waals surface area (Å²) in [7, 11) is 0. The number of hydrogen-bond donors (Lipinski definition) is 0. The lowest BCUT2D eigenvalue weighted by atomic mass is 9.58. The molecule has 0 aromatic rings. The average molecular weight is 254 g/mol. The van der Waals surface area contributed by atoms with Gasteiger partial charge in [-0.05, 0) is 90.3 Å². The summed E-state index contributed by atoms with van der Waals surface area (Å²) >= 11 is 0. The first kappa shape index (κ1) is 10.5. The van der Waals surface area contributed by atoms with Gasteiger partial charge in [0.15, 0.2) is 0 Å². The standard InChI is InChI=1S/C19H26/c1-8-9(2)13-6-12(8)18-14-7-15(19(13)18)17-11-4-3-10(5-11)16(14)17/h3-4,8-19H,5-7H2,1-2H3. The molecule has 6 aliphatic carbocycles. The van der Waals surface area contributed by atoms with E-state index in [0.717, 1.165) is 59.2 Å². The third kappa shape index (κ3) is 0.930. The SMILES string of the molecule is CC1C(C)C2CC1C1C3CC(C4C5C=CC(C5)C34)C21. The minimum Gasteiger partial charge on any atom is -0.0848 e. The molecule has 0 heteroatoms. The van der Waals surface area contributed by atoms with Crippen LogP contribution in [0.25, 0.3) is 0 Å². The van der Waals surface area contributed by atoms with Gasteiger partial charge in [0, 0.05) is 0 Å². The lowest BCUT2D eigenvalue weighted by molar-refractivity contribution is 0.00969. The van der Waals surface area contributed by atoms with Crippen molar-refractivity contribution in [2.45, 2.75) is 33.1 Å². The summed E-state index contributed by atoms with van der Waals surface area (Å²) < 4.78 is 0. The molecule has 0 nitrogen and oxygen atoms in total. The summed E-state index contributed by atoms with van der Waals surface area (Å²) in [5, 5.41) is 0. The maximum absolute atomic E-state index is 2.61. The molecular weight excluding hydrogens is 228 g/mol. The van der Waals surface area contributed by atoms with Crippen molar-refractivity contribution in [2.24, 2.45) is 71.0 Å². The van der Waals surface area contributed by atoms with Crippen LogP contribution in [0.4, 0.5) is 0 Å². The molecule has 0 N–H and O–H groups in total. The zero-order valence-electron chi connectivity index (χ0n) is 12.2. The maximum Gasteiger partial charge on any atom is -0.0194 e. The fourth-order valence-corrected chi connectivity index (χ4v) is 8.88. The zero-order valence-corrected chi connectivity index (χ0v) is 12.2. The normalized spacial score (nSPS) is 74.0. The Labute approximate surface area is 117 Å². The van der Waals surface area contributed by atoms with Crippen LogP contribution in [0.3, 0.4) is 0 Å². The summed E-state index contributed by atoms with van der Waals surface area (Å²) in [6.45, 7) is 5.16. The van der Waals surface area contributed by atoms with Crippen molar-refractivity contribution in [2.75, 3.05) is 0 Å². The Hall–Kier alpha value is -0.260. The second kappa shape index (κ2) is 3.00. The van der Waals surface area contributed by atoms with Gasteiger partial charge in [-0.1, -0.05) is 26.0 Å². The molecule has 0 aromatic heterocycles. The van der Waals surface area contributed by atoms with E-state index in [1.807, 2.05) is 0 Å². The fourth-order valence-electron chi connectivity index (χ4n) is 8.88. The fraction of sp³-hybridized carbons (Fsp3) is 0.895. The van der Waals surface area contributed by atoms with Crippen LogP contribution in [0.5, 0.6) is 0 Å². The first-order chi connectivity index (χ1) is 9.25. The highest BCUT2D eigenvalue weighted by Gasteiger charge is 2.71. The van der Waals surface area contributed by atoms with Crippen LogP contribution in [-0.4, -0.2) is 0 Å². The molecule has 5 saturated carbocycles. The molecular formula is C19H26. The molecule has 0 heterocycles. The Balaban J connectivity index is 1.45. The monoisotopic (exact) mass is 254 g/mol. The largest absolute Gasteiger partial charge is 0.0848 e. The minimum absolute atomic E-state index is 1.01. The van der Waals surface area contributed by atoms with E-state index in [9.17, 15) is 0 Å². The maximum atomic E-state index is 2.61. The van der Waals surface area contributed by atoms with Crippen LogP contribution in [0.1, 0.15) is 33.1 Å². The molecule has 6 rings (SSSR count). The van der Waals surface area contributed by atoms with Gasteiger partial charge in [-0.15, -0.1) is 0 Å². The molecule has 19 heavy (non-hydrogen) atoms. The van der Waals surface area contributed by atoms with Gasteiger partial charge in [-0.2, -0.15) is 0 Å². The lowest BCUT2D eigenvalue weighted by Crippen LogP contribution is -2.43. The molecule has 0 radical (unpaired) electrons. The molecule has 6 bridgehead atoms. The van der Waals surface area contributed by atoms with Gasteiger partial charge in [-0.3, -0.25) is 0 Å². The van der Waals surface area contributed by atoms with Crippen LogP contribution in [0, 0.1) is 71.0 Å². The first-order valence-corrected chi connectivity index (χ1v) is 8.94. The zero-order chi connectivity index (χ0) is 12.5. The Morgan fingerprint density at radius 1 is 0.579 bits per heavy atom. The van der Waals surface area contributed by atoms with Crippen molar-refractivity contribution in [1.82, 2.24) is 0 Å². The van der Waals surface area contributed by atoms with Crippen LogP contribution >= 0.6 is 0 Å². The van der Waals surface area contributed by atoms with Crippen molar-refractivity contribution >= 4 is 0 Å². The predicted molar refractivity (Wildman–Crippen MR) is 76.2 cm³/mol. The number of rotatable bonds is 0. The third-order valence-corrected chi connectivity index (χ3v) is 9.26. The quantitative estimate of drug-likeness (QED) is 0.448. The lowest BCUT2D eigenvalue weighted by Gasteiger charge is -2.47. The van der Waals surface area contributed by atoms with Crippen LogP contribution in [0.15, 0.2) is 12.2 Å². The van der Waals surface area contributed by atoms with Gasteiger partial charge < -0.3 is 0 Å². The summed E-state index contributed by atoms with van der Waals surface area (Å²) in [4.78, 5) is 0. The van der Waals surface area contributed by atoms with Crippen LogP contribution < -0.4 is 0 Å². The Bertz CT molecular complexity index is 436. The van der Waals surface area contributed by atoms with Crippen molar-refractivity contribution in [3.05, 3.63) is 12.2 Å². The van der Waals surface area contributed by atoms with Gasteiger partial charge >= 0.3 is 0 Å². The molecule has 0 aromatic carbocycles. The highest BCUT2D eigenvalue weighted by Crippen LogP contribution is 2.77. The molecule has 6 aliphatic rings. The molecule has 12 atom stereocenters. The van der Waals surface area contributed by atoms with E-state index in [2.05, 4.69) is 26.0 Å². The molecule has 0 spiro atoms. The van der Waals surface area contributed by atoms with E-state index in [1.165, 1.54) is 11.8 Å². The van der Waals surface area contributed by atoms with Crippen molar-refractivity contribution in [3.63, 3.8) is 0 Å². The predicted octanol–water partition coefficient (Wildman–Crippen LogP) is 4.23. The average Bonchev–Trinajstić information content (AvgIpc) is 3.15. The topological polar surface area (TPSA) is 0 Å². The Kier molecular flexibility index (Phi) is 1.65. The molecule has 12 unspecified atom stereocenters. The molecule has 0 saturated heterocycles. The second-order valence-corrected chi connectivity index (χ2v) is 9.10. The molecule has 102 valence electrons. The van der Waals surface area contributed by atoms with Crippen LogP contribution in [-0.2, 0) is 0 Å². The van der Waals surface area contributed by atoms with Gasteiger partial charge in [0.05, 0.1) is 0 Å². The summed E-state index contributed by atoms with van der Waals surface area (Å²) in [5.74, 6) is 13.3. The Morgan fingerprint density at radius 2 is 1.05 bits per heavy atom. The third-order valence-electron chi connectivity index (χ3n) is 9.26. The summed E-state index contributed by atoms with van der Waals surface area (Å²) in [6, 6.07) is 0. The molecule has 0 aliphatic heterocycles. The van der Waals surface area contributed by atoms with E-state index < -0.39 is 0 Å². The van der Waals surface area contributed by atoms with Crippen molar-refractivity contribution < 1.29 is 0 Å². The van der Waals surface area contributed by atoms with Gasteiger partial charge in [0.2, 0.25) is 0 Å². The number of allylic oxidation sites excluding steroid dienone is 2. The summed E-state index contributed by atoms with van der Waals surface area (Å²) in [6.07, 6.45) is 10.0. The van der Waals surface area contributed by atoms with E-state index >= 15 is 0 Å². The van der Waals surface area contributed by atoms with E-state index in [4.69, 9.17) is 0 Å². The number of hydrogen-bond acceptors (Lipinski definition) is 0.